The molecule has 0 atom stereocenters. The van der Waals surface area contributed by atoms with Gasteiger partial charge in [-0.15, -0.1) is 0 Å². The van der Waals surface area contributed by atoms with Crippen LogP contribution >= 0.6 is 0 Å². The average Bonchev–Trinajstić information content (AvgIpc) is 2.73. The smallest absolute Gasteiger partial charge is 0.254 e. The lowest BCUT2D eigenvalue weighted by atomic mass is 10.3. The van der Waals surface area contributed by atoms with E-state index in [9.17, 15) is 4.79 Å². The van der Waals surface area contributed by atoms with Crippen molar-refractivity contribution in [3.05, 3.63) is 35.2 Å². The second-order valence-electron chi connectivity index (χ2n) is 3.50. The van der Waals surface area contributed by atoms with Crippen LogP contribution in [0, 0.1) is 13.8 Å². The van der Waals surface area contributed by atoms with Crippen molar-refractivity contribution in [3.8, 4) is 0 Å². The molecule has 0 bridgehead atoms. The fourth-order valence-corrected chi connectivity index (χ4v) is 1.19. The minimum atomic E-state index is -0.257. The van der Waals surface area contributed by atoms with E-state index in [1.54, 1.807) is 13.8 Å². The third kappa shape index (κ3) is 2.63. The molecule has 1 N–H and O–H groups in total. The number of aromatic nitrogens is 4. The molecule has 0 aliphatic carbocycles. The highest BCUT2D eigenvalue weighted by atomic mass is 16.6. The summed E-state index contributed by atoms with van der Waals surface area (Å²) in [5, 5.41) is 9.96. The lowest BCUT2D eigenvalue weighted by molar-refractivity contribution is 0.0949. The van der Waals surface area contributed by atoms with Gasteiger partial charge in [0.05, 0.1) is 12.1 Å². The standard InChI is InChI=1S/C10H11N5O2/c1-6-9(15-17-14-6)5-13-10(16)8-3-11-7(2)12-4-8/h3-4H,5H2,1-2H3,(H,13,16). The van der Waals surface area contributed by atoms with Gasteiger partial charge < -0.3 is 5.32 Å². The lowest BCUT2D eigenvalue weighted by Crippen LogP contribution is -2.23. The zero-order chi connectivity index (χ0) is 12.3. The van der Waals surface area contributed by atoms with E-state index in [0.717, 1.165) is 0 Å². The van der Waals surface area contributed by atoms with Crippen molar-refractivity contribution in [2.24, 2.45) is 0 Å². The zero-order valence-electron chi connectivity index (χ0n) is 9.47. The third-order valence-electron chi connectivity index (χ3n) is 2.21. The first-order chi connectivity index (χ1) is 8.16. The van der Waals surface area contributed by atoms with Crippen LogP contribution in [-0.4, -0.2) is 26.2 Å². The van der Waals surface area contributed by atoms with Gasteiger partial charge in [-0.25, -0.2) is 14.6 Å². The Labute approximate surface area is 97.2 Å². The molecular weight excluding hydrogens is 222 g/mol. The Kier molecular flexibility index (Phi) is 3.08. The van der Waals surface area contributed by atoms with Crippen LogP contribution in [-0.2, 0) is 6.54 Å². The van der Waals surface area contributed by atoms with Crippen molar-refractivity contribution in [1.29, 1.82) is 0 Å². The first kappa shape index (κ1) is 11.2. The van der Waals surface area contributed by atoms with Crippen LogP contribution in [0.1, 0.15) is 27.6 Å². The SMILES string of the molecule is Cc1ncc(C(=O)NCc2nonc2C)cn1. The number of carbonyl (C=O) groups excluding carboxylic acids is 1. The summed E-state index contributed by atoms with van der Waals surface area (Å²) in [5.74, 6) is 0.366. The van der Waals surface area contributed by atoms with Gasteiger partial charge in [-0.05, 0) is 13.8 Å². The first-order valence-electron chi connectivity index (χ1n) is 5.01. The Morgan fingerprint density at radius 3 is 2.59 bits per heavy atom. The Morgan fingerprint density at radius 2 is 2.00 bits per heavy atom. The van der Waals surface area contributed by atoms with Crippen LogP contribution in [0.15, 0.2) is 17.0 Å². The van der Waals surface area contributed by atoms with E-state index in [1.165, 1.54) is 12.4 Å². The molecule has 17 heavy (non-hydrogen) atoms. The predicted octanol–water partition coefficient (Wildman–Crippen LogP) is 0.406. The molecule has 0 radical (unpaired) electrons. The summed E-state index contributed by atoms with van der Waals surface area (Å²) < 4.78 is 4.52. The topological polar surface area (TPSA) is 93.8 Å². The molecule has 0 aliphatic rings. The van der Waals surface area contributed by atoms with Gasteiger partial charge in [0.1, 0.15) is 17.2 Å². The van der Waals surface area contributed by atoms with Crippen LogP contribution in [0.2, 0.25) is 0 Å². The van der Waals surface area contributed by atoms with Gasteiger partial charge in [-0.3, -0.25) is 4.79 Å². The summed E-state index contributed by atoms with van der Waals surface area (Å²) in [4.78, 5) is 19.6. The van der Waals surface area contributed by atoms with E-state index in [2.05, 4.69) is 30.2 Å². The largest absolute Gasteiger partial charge is 0.346 e. The van der Waals surface area contributed by atoms with Gasteiger partial charge >= 0.3 is 0 Å². The van der Waals surface area contributed by atoms with Crippen molar-refractivity contribution in [3.63, 3.8) is 0 Å². The second kappa shape index (κ2) is 4.69. The molecule has 0 unspecified atom stereocenters. The quantitative estimate of drug-likeness (QED) is 0.825. The summed E-state index contributed by atoms with van der Waals surface area (Å²) in [5.41, 5.74) is 1.67. The van der Waals surface area contributed by atoms with Crippen LogP contribution in [0.25, 0.3) is 0 Å². The van der Waals surface area contributed by atoms with Crippen LogP contribution < -0.4 is 5.32 Å². The number of amides is 1. The van der Waals surface area contributed by atoms with Gasteiger partial charge in [-0.2, -0.15) is 0 Å². The van der Waals surface area contributed by atoms with E-state index < -0.39 is 0 Å². The Balaban J connectivity index is 1.98. The molecule has 0 aromatic carbocycles. The monoisotopic (exact) mass is 233 g/mol. The van der Waals surface area contributed by atoms with Crippen LogP contribution in [0.5, 0.6) is 0 Å². The molecule has 0 aliphatic heterocycles. The van der Waals surface area contributed by atoms with Crippen molar-refractivity contribution >= 4 is 5.91 Å². The van der Waals surface area contributed by atoms with Crippen molar-refractivity contribution in [1.82, 2.24) is 25.6 Å². The molecule has 2 rings (SSSR count). The second-order valence-corrected chi connectivity index (χ2v) is 3.50. The van der Waals surface area contributed by atoms with Crippen LogP contribution in [0.3, 0.4) is 0 Å². The van der Waals surface area contributed by atoms with Crippen molar-refractivity contribution < 1.29 is 9.42 Å². The highest BCUT2D eigenvalue weighted by Gasteiger charge is 2.09. The normalized spacial score (nSPS) is 10.2. The molecule has 0 spiro atoms. The molecule has 0 fully saturated rings. The Morgan fingerprint density at radius 1 is 1.29 bits per heavy atom. The van der Waals surface area contributed by atoms with E-state index >= 15 is 0 Å². The van der Waals surface area contributed by atoms with Crippen LogP contribution in [0.4, 0.5) is 0 Å². The summed E-state index contributed by atoms with van der Waals surface area (Å²) in [6.07, 6.45) is 2.96. The number of carbonyl (C=O) groups is 1. The fourth-order valence-electron chi connectivity index (χ4n) is 1.19. The highest BCUT2D eigenvalue weighted by molar-refractivity contribution is 5.93. The summed E-state index contributed by atoms with van der Waals surface area (Å²) in [6.45, 7) is 3.78. The molecule has 88 valence electrons. The number of nitrogens with zero attached hydrogens (tertiary/aromatic N) is 4. The van der Waals surface area contributed by atoms with E-state index in [1.807, 2.05) is 0 Å². The lowest BCUT2D eigenvalue weighted by Gasteiger charge is -2.02. The molecular formula is C10H11N5O2. The first-order valence-corrected chi connectivity index (χ1v) is 5.01. The summed E-state index contributed by atoms with van der Waals surface area (Å²) in [7, 11) is 0. The maximum absolute atomic E-state index is 11.7. The number of aryl methyl sites for hydroxylation is 2. The van der Waals surface area contributed by atoms with Gasteiger partial charge in [0, 0.05) is 12.4 Å². The molecule has 2 heterocycles. The molecule has 7 nitrogen and oxygen atoms in total. The fraction of sp³-hybridized carbons (Fsp3) is 0.300. The molecule has 2 aromatic rings. The van der Waals surface area contributed by atoms with Gasteiger partial charge in [0.15, 0.2) is 0 Å². The Hall–Kier alpha value is -2.31. The van der Waals surface area contributed by atoms with Gasteiger partial charge in [-0.1, -0.05) is 10.3 Å². The molecule has 7 heteroatoms. The number of nitrogens with one attached hydrogen (secondary N) is 1. The van der Waals surface area contributed by atoms with Crippen molar-refractivity contribution in [2.45, 2.75) is 20.4 Å². The van der Waals surface area contributed by atoms with E-state index in [-0.39, 0.29) is 12.5 Å². The van der Waals surface area contributed by atoms with E-state index in [0.29, 0.717) is 22.8 Å². The molecule has 2 aromatic heterocycles. The minimum absolute atomic E-state index is 0.257. The number of rotatable bonds is 3. The number of hydrogen-bond acceptors (Lipinski definition) is 6. The third-order valence-corrected chi connectivity index (χ3v) is 2.21. The maximum atomic E-state index is 11.7. The molecule has 0 saturated heterocycles. The Bertz CT molecular complexity index is 520. The summed E-state index contributed by atoms with van der Waals surface area (Å²) in [6, 6.07) is 0. The maximum Gasteiger partial charge on any atom is 0.254 e. The minimum Gasteiger partial charge on any atom is -0.346 e. The summed E-state index contributed by atoms with van der Waals surface area (Å²) >= 11 is 0. The van der Waals surface area contributed by atoms with E-state index in [4.69, 9.17) is 0 Å². The number of hydrogen-bond donors (Lipinski definition) is 1. The van der Waals surface area contributed by atoms with Gasteiger partial charge in [0.25, 0.3) is 5.91 Å². The van der Waals surface area contributed by atoms with Gasteiger partial charge in [0.2, 0.25) is 0 Å². The average molecular weight is 233 g/mol. The predicted molar refractivity (Wildman–Crippen MR) is 57.0 cm³/mol. The molecule has 1 amide bonds. The molecule has 0 saturated carbocycles. The highest BCUT2D eigenvalue weighted by Crippen LogP contribution is 2.01. The van der Waals surface area contributed by atoms with Crippen molar-refractivity contribution in [2.75, 3.05) is 0 Å². The zero-order valence-corrected chi connectivity index (χ0v) is 9.47.